The Morgan fingerprint density at radius 2 is 1.79 bits per heavy atom. The van der Waals surface area contributed by atoms with E-state index < -0.39 is 23.3 Å². The van der Waals surface area contributed by atoms with Crippen LogP contribution in [0.5, 0.6) is 0 Å². The summed E-state index contributed by atoms with van der Waals surface area (Å²) in [5.74, 6) is -1.26. The van der Waals surface area contributed by atoms with E-state index in [0.29, 0.717) is 21.6 Å². The Hall–Kier alpha value is -3.62. The molecule has 33 heavy (non-hydrogen) atoms. The molecule has 0 fully saturated rings. The maximum atomic E-state index is 13.0. The van der Waals surface area contributed by atoms with Crippen molar-refractivity contribution in [2.75, 3.05) is 6.61 Å². The first-order valence-electron chi connectivity index (χ1n) is 9.63. The second-order valence-electron chi connectivity index (χ2n) is 7.03. The fourth-order valence-corrected chi connectivity index (χ4v) is 3.71. The summed E-state index contributed by atoms with van der Waals surface area (Å²) >= 11 is 9.37. The molecule has 3 aromatic carbocycles. The van der Waals surface area contributed by atoms with E-state index in [4.69, 9.17) is 16.3 Å². The van der Waals surface area contributed by atoms with Gasteiger partial charge in [-0.15, -0.1) is 0 Å². The number of ketones is 1. The Morgan fingerprint density at radius 1 is 1.03 bits per heavy atom. The van der Waals surface area contributed by atoms with Crippen molar-refractivity contribution >= 4 is 55.9 Å². The lowest BCUT2D eigenvalue weighted by Crippen LogP contribution is -2.15. The molecule has 9 heteroatoms. The van der Waals surface area contributed by atoms with Crippen molar-refractivity contribution in [2.24, 2.45) is 0 Å². The predicted molar refractivity (Wildman–Crippen MR) is 128 cm³/mol. The van der Waals surface area contributed by atoms with E-state index in [1.54, 1.807) is 42.5 Å². The van der Waals surface area contributed by atoms with Crippen LogP contribution < -0.4 is 0 Å². The minimum Gasteiger partial charge on any atom is -0.454 e. The van der Waals surface area contributed by atoms with Gasteiger partial charge in [-0.2, -0.15) is 0 Å². The number of ether oxygens (including phenoxy) is 1. The Morgan fingerprint density at radius 3 is 2.52 bits per heavy atom. The average molecular weight is 526 g/mol. The third kappa shape index (κ3) is 5.08. The van der Waals surface area contributed by atoms with Gasteiger partial charge in [0.1, 0.15) is 0 Å². The van der Waals surface area contributed by atoms with Crippen molar-refractivity contribution < 1.29 is 19.2 Å². The lowest BCUT2D eigenvalue weighted by atomic mass is 10.0. The minimum absolute atomic E-state index is 0.0844. The maximum absolute atomic E-state index is 13.0. The number of hydrogen-bond donors (Lipinski definition) is 0. The second kappa shape index (κ2) is 9.48. The number of rotatable bonds is 6. The minimum atomic E-state index is -0.713. The van der Waals surface area contributed by atoms with E-state index in [1.807, 2.05) is 6.07 Å². The van der Waals surface area contributed by atoms with Gasteiger partial charge in [-0.3, -0.25) is 14.9 Å². The van der Waals surface area contributed by atoms with Gasteiger partial charge in [-0.25, -0.2) is 9.78 Å². The molecule has 0 aliphatic heterocycles. The molecule has 0 unspecified atom stereocenters. The third-order valence-electron chi connectivity index (χ3n) is 4.84. The zero-order valence-electron chi connectivity index (χ0n) is 16.8. The molecule has 0 saturated carbocycles. The lowest BCUT2D eigenvalue weighted by molar-refractivity contribution is -0.384. The first-order valence-corrected chi connectivity index (χ1v) is 10.8. The number of non-ortho nitro benzene ring substituents is 1. The van der Waals surface area contributed by atoms with Gasteiger partial charge in [0.05, 0.1) is 21.7 Å². The molecule has 164 valence electrons. The second-order valence-corrected chi connectivity index (χ2v) is 8.38. The van der Waals surface area contributed by atoms with Crippen molar-refractivity contribution in [3.8, 4) is 11.3 Å². The number of nitro benzene ring substituents is 1. The smallest absolute Gasteiger partial charge is 0.339 e. The fraction of sp³-hybridized carbons (Fsp3) is 0.0417. The molecule has 0 radical (unpaired) electrons. The van der Waals surface area contributed by atoms with Crippen LogP contribution in [0.2, 0.25) is 5.02 Å². The third-order valence-corrected chi connectivity index (χ3v) is 5.59. The SMILES string of the molecule is O=C(COC(=O)c1cc(-c2ccc(Cl)cc2)nc2ccc(Br)cc12)c1cccc([N+](=O)[O-])c1. The number of esters is 1. The maximum Gasteiger partial charge on any atom is 0.339 e. The van der Waals surface area contributed by atoms with Gasteiger partial charge in [-0.1, -0.05) is 51.8 Å². The molecule has 0 bridgehead atoms. The first kappa shape index (κ1) is 22.6. The van der Waals surface area contributed by atoms with Crippen LogP contribution in [0.15, 0.2) is 77.3 Å². The number of benzene rings is 3. The van der Waals surface area contributed by atoms with Crippen molar-refractivity contribution in [2.45, 2.75) is 0 Å². The number of fused-ring (bicyclic) bond motifs is 1. The van der Waals surface area contributed by atoms with Crippen LogP contribution in [0.25, 0.3) is 22.2 Å². The number of pyridine rings is 1. The number of aromatic nitrogens is 1. The van der Waals surface area contributed by atoms with Gasteiger partial charge in [0.15, 0.2) is 6.61 Å². The van der Waals surface area contributed by atoms with Crippen molar-refractivity contribution in [1.29, 1.82) is 0 Å². The highest BCUT2D eigenvalue weighted by Crippen LogP contribution is 2.28. The van der Waals surface area contributed by atoms with Gasteiger partial charge >= 0.3 is 5.97 Å². The zero-order chi connectivity index (χ0) is 23.5. The quantitative estimate of drug-likeness (QED) is 0.127. The highest BCUT2D eigenvalue weighted by atomic mass is 79.9. The molecule has 0 N–H and O–H groups in total. The molecule has 4 aromatic rings. The molecule has 7 nitrogen and oxygen atoms in total. The summed E-state index contributed by atoms with van der Waals surface area (Å²) in [5.41, 5.74) is 1.97. The summed E-state index contributed by atoms with van der Waals surface area (Å²) in [5, 5.41) is 12.1. The summed E-state index contributed by atoms with van der Waals surface area (Å²) in [6.45, 7) is -0.561. The van der Waals surface area contributed by atoms with E-state index in [2.05, 4.69) is 20.9 Å². The number of nitrogens with zero attached hydrogens (tertiary/aromatic N) is 2. The number of Topliss-reactive ketones (excluding diaryl/α,β-unsaturated/α-hetero) is 1. The van der Waals surface area contributed by atoms with E-state index in [0.717, 1.165) is 16.1 Å². The highest BCUT2D eigenvalue weighted by molar-refractivity contribution is 9.10. The zero-order valence-corrected chi connectivity index (χ0v) is 19.2. The van der Waals surface area contributed by atoms with Gasteiger partial charge in [0.25, 0.3) is 5.69 Å². The van der Waals surface area contributed by atoms with Gasteiger partial charge < -0.3 is 4.74 Å². The van der Waals surface area contributed by atoms with E-state index in [-0.39, 0.29) is 16.8 Å². The van der Waals surface area contributed by atoms with Crippen LogP contribution in [0, 0.1) is 10.1 Å². The highest BCUT2D eigenvalue weighted by Gasteiger charge is 2.18. The summed E-state index contributed by atoms with van der Waals surface area (Å²) in [4.78, 5) is 40.4. The summed E-state index contributed by atoms with van der Waals surface area (Å²) in [6.07, 6.45) is 0. The van der Waals surface area contributed by atoms with E-state index in [9.17, 15) is 19.7 Å². The van der Waals surface area contributed by atoms with E-state index >= 15 is 0 Å². The molecule has 1 aromatic heterocycles. The number of hydrogen-bond acceptors (Lipinski definition) is 6. The first-order chi connectivity index (χ1) is 15.8. The molecule has 1 heterocycles. The molecular formula is C24H14BrClN2O5. The Kier molecular flexibility index (Phi) is 6.48. The van der Waals surface area contributed by atoms with Gasteiger partial charge in [-0.05, 0) is 36.4 Å². The number of halogens is 2. The van der Waals surface area contributed by atoms with Gasteiger partial charge in [0.2, 0.25) is 5.78 Å². The van der Waals surface area contributed by atoms with Gasteiger partial charge in [0, 0.05) is 38.1 Å². The molecule has 4 rings (SSSR count). The number of carbonyl (C=O) groups excluding carboxylic acids is 2. The summed E-state index contributed by atoms with van der Waals surface area (Å²) in [7, 11) is 0. The molecule has 0 saturated heterocycles. The van der Waals surface area contributed by atoms with E-state index in [1.165, 1.54) is 18.2 Å². The topological polar surface area (TPSA) is 99.4 Å². The Labute approximate surface area is 201 Å². The fourth-order valence-electron chi connectivity index (χ4n) is 3.22. The standard InChI is InChI=1S/C24H14BrClN2O5/c25-16-6-9-21-19(11-16)20(12-22(27-21)14-4-7-17(26)8-5-14)24(30)33-13-23(29)15-2-1-3-18(10-15)28(31)32/h1-12H,13H2. The van der Waals surface area contributed by atoms with Crippen molar-refractivity contribution in [1.82, 2.24) is 4.98 Å². The predicted octanol–water partition coefficient (Wildman–Crippen LogP) is 6.27. The van der Waals surface area contributed by atoms with Crippen molar-refractivity contribution in [3.05, 3.63) is 104 Å². The van der Waals surface area contributed by atoms with Crippen LogP contribution in [0.1, 0.15) is 20.7 Å². The van der Waals surface area contributed by atoms with Crippen LogP contribution >= 0.6 is 27.5 Å². The van der Waals surface area contributed by atoms with Crippen molar-refractivity contribution in [3.63, 3.8) is 0 Å². The van der Waals surface area contributed by atoms with Crippen LogP contribution in [0.4, 0.5) is 5.69 Å². The monoisotopic (exact) mass is 524 g/mol. The largest absolute Gasteiger partial charge is 0.454 e. The average Bonchev–Trinajstić information content (AvgIpc) is 2.82. The van der Waals surface area contributed by atoms with Crippen LogP contribution in [-0.4, -0.2) is 28.3 Å². The summed E-state index contributed by atoms with van der Waals surface area (Å²) < 4.78 is 6.03. The number of carbonyl (C=O) groups is 2. The Balaban J connectivity index is 1.64. The molecule has 0 aliphatic carbocycles. The summed E-state index contributed by atoms with van der Waals surface area (Å²) in [6, 6.07) is 19.2. The van der Waals surface area contributed by atoms with Crippen LogP contribution in [0.3, 0.4) is 0 Å². The number of nitro groups is 1. The normalized spacial score (nSPS) is 10.7. The molecule has 0 atom stereocenters. The lowest BCUT2D eigenvalue weighted by Gasteiger charge is -2.11. The van der Waals surface area contributed by atoms with Crippen LogP contribution in [-0.2, 0) is 4.74 Å². The molecule has 0 aliphatic rings. The Bertz CT molecular complexity index is 1410. The molecule has 0 amide bonds. The molecule has 0 spiro atoms. The molecular weight excluding hydrogens is 512 g/mol.